The van der Waals surface area contributed by atoms with Gasteiger partial charge in [-0.05, 0) is 56.3 Å². The number of nitrogens with zero attached hydrogens (tertiary/aromatic N) is 4. The Morgan fingerprint density at radius 1 is 1.00 bits per heavy atom. The van der Waals surface area contributed by atoms with E-state index in [0.29, 0.717) is 23.1 Å². The molecule has 0 aliphatic rings. The Morgan fingerprint density at radius 3 is 2.42 bits per heavy atom. The summed E-state index contributed by atoms with van der Waals surface area (Å²) in [6.07, 6.45) is -1.48. The average molecular weight is 453 g/mol. The molecule has 0 radical (unpaired) electrons. The molecule has 10 heteroatoms. The molecule has 168 valence electrons. The minimum absolute atomic E-state index is 0.0938. The second-order valence-electron chi connectivity index (χ2n) is 7.16. The van der Waals surface area contributed by atoms with Gasteiger partial charge >= 0.3 is 6.18 Å². The van der Waals surface area contributed by atoms with Gasteiger partial charge in [-0.3, -0.25) is 9.36 Å². The van der Waals surface area contributed by atoms with Crippen LogP contribution in [-0.4, -0.2) is 25.4 Å². The molecule has 0 atom stereocenters. The summed E-state index contributed by atoms with van der Waals surface area (Å²) >= 11 is 0. The third-order valence-electron chi connectivity index (χ3n) is 4.91. The number of anilines is 1. The molecule has 2 aromatic carbocycles. The number of aryl methyl sites for hydroxylation is 1. The molecule has 0 bridgehead atoms. The fourth-order valence-electron chi connectivity index (χ4n) is 3.01. The minimum atomic E-state index is -4.52. The number of aromatic nitrogens is 4. The second kappa shape index (κ2) is 8.73. The van der Waals surface area contributed by atoms with Gasteiger partial charge in [0, 0.05) is 23.0 Å². The predicted molar refractivity (Wildman–Crippen MR) is 115 cm³/mol. The van der Waals surface area contributed by atoms with E-state index in [0.717, 1.165) is 23.5 Å². The van der Waals surface area contributed by atoms with E-state index in [-0.39, 0.29) is 5.56 Å². The van der Waals surface area contributed by atoms with Crippen LogP contribution in [0.1, 0.15) is 27.3 Å². The van der Waals surface area contributed by atoms with Gasteiger partial charge < -0.3 is 10.1 Å². The molecule has 33 heavy (non-hydrogen) atoms. The van der Waals surface area contributed by atoms with Crippen molar-refractivity contribution in [2.24, 2.45) is 0 Å². The van der Waals surface area contributed by atoms with Gasteiger partial charge in [0.2, 0.25) is 5.88 Å². The summed E-state index contributed by atoms with van der Waals surface area (Å²) in [6, 6.07) is 12.3. The summed E-state index contributed by atoms with van der Waals surface area (Å²) in [5, 5.41) is 2.57. The summed E-state index contributed by atoms with van der Waals surface area (Å²) < 4.78 is 46.2. The number of alkyl halides is 3. The third kappa shape index (κ3) is 5.00. The van der Waals surface area contributed by atoms with Crippen LogP contribution in [0.25, 0.3) is 5.82 Å². The number of amides is 1. The van der Waals surface area contributed by atoms with Crippen molar-refractivity contribution in [3.05, 3.63) is 89.8 Å². The highest BCUT2D eigenvalue weighted by Crippen LogP contribution is 2.30. The topological polar surface area (TPSA) is 81.9 Å². The monoisotopic (exact) mass is 453 g/mol. The van der Waals surface area contributed by atoms with Gasteiger partial charge in [0.15, 0.2) is 0 Å². The minimum Gasteiger partial charge on any atom is -0.439 e. The molecule has 7 nitrogen and oxygen atoms in total. The van der Waals surface area contributed by atoms with E-state index in [9.17, 15) is 18.0 Å². The summed E-state index contributed by atoms with van der Waals surface area (Å²) in [7, 11) is 0. The zero-order chi connectivity index (χ0) is 23.6. The molecular weight excluding hydrogens is 435 g/mol. The van der Waals surface area contributed by atoms with Crippen molar-refractivity contribution >= 4 is 11.6 Å². The maximum atomic E-state index is 12.9. The largest absolute Gasteiger partial charge is 0.439 e. The standard InChI is InChI=1S/C23H18F3N5O2/c1-14-15(2)31(13-29-14)20-11-21(28-12-27-20)33-19-8-6-18(7-9-19)30-22(32)16-4-3-5-17(10-16)23(24,25)26/h3-13H,1-2H3,(H,30,32). The van der Waals surface area contributed by atoms with Crippen LogP contribution >= 0.6 is 0 Å². The summed E-state index contributed by atoms with van der Waals surface area (Å²) in [4.78, 5) is 24.9. The zero-order valence-electron chi connectivity index (χ0n) is 17.6. The van der Waals surface area contributed by atoms with Crippen LogP contribution in [0.5, 0.6) is 11.6 Å². The van der Waals surface area contributed by atoms with Crippen LogP contribution in [0.3, 0.4) is 0 Å². The van der Waals surface area contributed by atoms with Gasteiger partial charge in [0.1, 0.15) is 24.2 Å². The quantitative estimate of drug-likeness (QED) is 0.441. The van der Waals surface area contributed by atoms with Gasteiger partial charge in [-0.2, -0.15) is 13.2 Å². The molecule has 0 spiro atoms. The van der Waals surface area contributed by atoms with Gasteiger partial charge in [0.25, 0.3) is 5.91 Å². The number of hydrogen-bond donors (Lipinski definition) is 1. The molecule has 1 amide bonds. The van der Waals surface area contributed by atoms with Gasteiger partial charge in [-0.15, -0.1) is 0 Å². The van der Waals surface area contributed by atoms with Crippen LogP contribution < -0.4 is 10.1 Å². The Morgan fingerprint density at radius 2 is 1.76 bits per heavy atom. The number of halogens is 3. The Hall–Kier alpha value is -4.21. The third-order valence-corrected chi connectivity index (χ3v) is 4.91. The van der Waals surface area contributed by atoms with Gasteiger partial charge in [0.05, 0.1) is 11.3 Å². The second-order valence-corrected chi connectivity index (χ2v) is 7.16. The van der Waals surface area contributed by atoms with Crippen molar-refractivity contribution in [3.63, 3.8) is 0 Å². The number of carbonyl (C=O) groups is 1. The molecule has 0 aliphatic heterocycles. The number of carbonyl (C=O) groups excluding carboxylic acids is 1. The van der Waals surface area contributed by atoms with Crippen molar-refractivity contribution < 1.29 is 22.7 Å². The molecule has 0 unspecified atom stereocenters. The summed E-state index contributed by atoms with van der Waals surface area (Å²) in [6.45, 7) is 3.83. The fraction of sp³-hybridized carbons (Fsp3) is 0.130. The van der Waals surface area contributed by atoms with Crippen LogP contribution in [0.2, 0.25) is 0 Å². The molecule has 1 N–H and O–H groups in total. The lowest BCUT2D eigenvalue weighted by Crippen LogP contribution is -2.13. The Balaban J connectivity index is 1.45. The average Bonchev–Trinajstić information content (AvgIpc) is 3.13. The van der Waals surface area contributed by atoms with E-state index in [1.54, 1.807) is 36.7 Å². The maximum Gasteiger partial charge on any atom is 0.416 e. The maximum absolute atomic E-state index is 12.9. The van der Waals surface area contributed by atoms with Crippen LogP contribution in [-0.2, 0) is 6.18 Å². The molecule has 0 fully saturated rings. The highest BCUT2D eigenvalue weighted by molar-refractivity contribution is 6.04. The molecule has 2 heterocycles. The highest BCUT2D eigenvalue weighted by atomic mass is 19.4. The number of imidazole rings is 1. The summed E-state index contributed by atoms with van der Waals surface area (Å²) in [5.41, 5.74) is 1.25. The van der Waals surface area contributed by atoms with Crippen molar-refractivity contribution in [3.8, 4) is 17.4 Å². The van der Waals surface area contributed by atoms with Crippen molar-refractivity contribution in [1.82, 2.24) is 19.5 Å². The SMILES string of the molecule is Cc1ncn(-c2cc(Oc3ccc(NC(=O)c4cccc(C(F)(F)F)c4)cc3)ncn2)c1C. The molecular formula is C23H18F3N5O2. The van der Waals surface area contributed by atoms with Gasteiger partial charge in [-0.25, -0.2) is 15.0 Å². The molecule has 0 saturated heterocycles. The van der Waals surface area contributed by atoms with Crippen molar-refractivity contribution in [1.29, 1.82) is 0 Å². The first-order valence-electron chi connectivity index (χ1n) is 9.80. The van der Waals surface area contributed by atoms with Crippen LogP contribution in [0.15, 0.2) is 67.3 Å². The lowest BCUT2D eigenvalue weighted by Gasteiger charge is -2.10. The first-order chi connectivity index (χ1) is 15.7. The number of nitrogens with one attached hydrogen (secondary N) is 1. The Bertz CT molecular complexity index is 1300. The molecule has 2 aromatic heterocycles. The Labute approximate surface area is 186 Å². The van der Waals surface area contributed by atoms with E-state index in [2.05, 4.69) is 20.3 Å². The lowest BCUT2D eigenvalue weighted by molar-refractivity contribution is -0.137. The molecule has 0 aliphatic carbocycles. The highest BCUT2D eigenvalue weighted by Gasteiger charge is 2.30. The lowest BCUT2D eigenvalue weighted by atomic mass is 10.1. The predicted octanol–water partition coefficient (Wildman–Crippen LogP) is 5.34. The number of rotatable bonds is 5. The zero-order valence-corrected chi connectivity index (χ0v) is 17.6. The van der Waals surface area contributed by atoms with E-state index in [4.69, 9.17) is 4.74 Å². The van der Waals surface area contributed by atoms with E-state index in [1.165, 1.54) is 18.5 Å². The normalized spacial score (nSPS) is 11.3. The number of ether oxygens (including phenoxy) is 1. The fourth-order valence-corrected chi connectivity index (χ4v) is 3.01. The first-order valence-corrected chi connectivity index (χ1v) is 9.80. The molecule has 4 aromatic rings. The first kappa shape index (κ1) is 22.0. The van der Waals surface area contributed by atoms with Gasteiger partial charge in [-0.1, -0.05) is 6.07 Å². The Kier molecular flexibility index (Phi) is 5.82. The smallest absolute Gasteiger partial charge is 0.416 e. The number of benzene rings is 2. The number of hydrogen-bond acceptors (Lipinski definition) is 5. The van der Waals surface area contributed by atoms with E-state index < -0.39 is 17.6 Å². The van der Waals surface area contributed by atoms with Crippen LogP contribution in [0.4, 0.5) is 18.9 Å². The van der Waals surface area contributed by atoms with E-state index in [1.807, 2.05) is 18.4 Å². The summed E-state index contributed by atoms with van der Waals surface area (Å²) in [5.74, 6) is 0.714. The van der Waals surface area contributed by atoms with Crippen LogP contribution in [0, 0.1) is 13.8 Å². The van der Waals surface area contributed by atoms with E-state index >= 15 is 0 Å². The van der Waals surface area contributed by atoms with Crippen molar-refractivity contribution in [2.75, 3.05) is 5.32 Å². The molecule has 4 rings (SSSR count). The van der Waals surface area contributed by atoms with Crippen molar-refractivity contribution in [2.45, 2.75) is 20.0 Å². The molecule has 0 saturated carbocycles.